The Morgan fingerprint density at radius 1 is 1.47 bits per heavy atom. The molecule has 0 saturated heterocycles. The van der Waals surface area contributed by atoms with E-state index in [0.717, 1.165) is 36.4 Å². The van der Waals surface area contributed by atoms with E-state index in [-0.39, 0.29) is 0 Å². The summed E-state index contributed by atoms with van der Waals surface area (Å²) < 4.78 is 0. The van der Waals surface area contributed by atoms with Crippen LogP contribution in [0.15, 0.2) is 6.20 Å². The van der Waals surface area contributed by atoms with Crippen LogP contribution < -0.4 is 10.6 Å². The molecule has 0 fully saturated rings. The molecule has 1 aromatic heterocycles. The molecule has 0 radical (unpaired) electrons. The summed E-state index contributed by atoms with van der Waals surface area (Å²) in [6, 6.07) is 0.564. The van der Waals surface area contributed by atoms with Crippen LogP contribution in [0, 0.1) is 0 Å². The zero-order valence-corrected chi connectivity index (χ0v) is 11.0. The largest absolute Gasteiger partial charge is 0.512 e. The van der Waals surface area contributed by atoms with Crippen LogP contribution in [0.3, 0.4) is 0 Å². The number of H-pyrrole nitrogens is 1. The predicted octanol–water partition coefficient (Wildman–Crippen LogP) is 1.14. The summed E-state index contributed by atoms with van der Waals surface area (Å²) in [6.07, 6.45) is 6.91. The number of fused-ring (bicyclic) bond motifs is 1. The molecule has 0 bridgehead atoms. The first kappa shape index (κ1) is 12.2. The summed E-state index contributed by atoms with van der Waals surface area (Å²) in [5, 5.41) is 12.1. The minimum Gasteiger partial charge on any atom is -0.512 e. The summed E-state index contributed by atoms with van der Waals surface area (Å²) in [6.45, 7) is 5.42. The quantitative estimate of drug-likeness (QED) is 0.820. The molecule has 0 saturated carbocycles. The van der Waals surface area contributed by atoms with Gasteiger partial charge in [0.25, 0.3) is 0 Å². The Hall–Kier alpha value is -1.22. The molecule has 1 aliphatic rings. The highest BCUT2D eigenvalue weighted by Crippen LogP contribution is 2.06. The zero-order valence-electron chi connectivity index (χ0n) is 11.0. The van der Waals surface area contributed by atoms with Gasteiger partial charge in [-0.05, 0) is 39.3 Å². The van der Waals surface area contributed by atoms with Crippen molar-refractivity contribution in [2.45, 2.75) is 39.2 Å². The molecule has 0 atom stereocenters. The Morgan fingerprint density at radius 3 is 2.94 bits per heavy atom. The van der Waals surface area contributed by atoms with Crippen LogP contribution >= 0.6 is 0 Å². The van der Waals surface area contributed by atoms with E-state index in [1.165, 1.54) is 5.56 Å². The highest BCUT2D eigenvalue weighted by molar-refractivity contribution is 5.45. The number of aromatic nitrogens is 1. The number of nitrogens with one attached hydrogen (secondary N) is 1. The number of rotatable bonds is 4. The van der Waals surface area contributed by atoms with Gasteiger partial charge in [-0.25, -0.2) is 0 Å². The lowest BCUT2D eigenvalue weighted by Gasteiger charge is -2.20. The fourth-order valence-corrected chi connectivity index (χ4v) is 2.21. The standard InChI is InChI=1S/C14H22N2O/c1-10(2)16(3)8-7-11-9-15-12-5-4-6-13(17)14(11)12/h5,9-10,15,17H,4,6-8H2,1-3H3. The Kier molecular flexibility index (Phi) is 3.57. The maximum absolute atomic E-state index is 9.97. The molecule has 3 heteroatoms. The molecule has 0 unspecified atom stereocenters. The molecular formula is C14H22N2O. The van der Waals surface area contributed by atoms with Crippen molar-refractivity contribution >= 4 is 11.8 Å². The molecule has 0 aromatic carbocycles. The minimum absolute atomic E-state index is 0.547. The van der Waals surface area contributed by atoms with Crippen molar-refractivity contribution in [3.05, 3.63) is 22.3 Å². The van der Waals surface area contributed by atoms with Crippen molar-refractivity contribution in [2.75, 3.05) is 13.6 Å². The summed E-state index contributed by atoms with van der Waals surface area (Å²) >= 11 is 0. The van der Waals surface area contributed by atoms with Gasteiger partial charge < -0.3 is 15.0 Å². The van der Waals surface area contributed by atoms with E-state index < -0.39 is 0 Å². The van der Waals surface area contributed by atoms with Crippen LogP contribution in [-0.2, 0) is 6.42 Å². The number of hydrogen-bond acceptors (Lipinski definition) is 2. The van der Waals surface area contributed by atoms with E-state index in [4.69, 9.17) is 0 Å². The van der Waals surface area contributed by atoms with Gasteiger partial charge in [-0.15, -0.1) is 0 Å². The van der Waals surface area contributed by atoms with E-state index in [9.17, 15) is 5.11 Å². The van der Waals surface area contributed by atoms with Crippen LogP contribution in [-0.4, -0.2) is 34.6 Å². The minimum atomic E-state index is 0.547. The van der Waals surface area contributed by atoms with Crippen molar-refractivity contribution in [2.24, 2.45) is 0 Å². The van der Waals surface area contributed by atoms with Crippen molar-refractivity contribution in [1.82, 2.24) is 9.88 Å². The zero-order chi connectivity index (χ0) is 12.4. The maximum atomic E-state index is 9.97. The maximum Gasteiger partial charge on any atom is 0.102 e. The third kappa shape index (κ3) is 2.55. The monoisotopic (exact) mass is 234 g/mol. The second-order valence-electron chi connectivity index (χ2n) is 5.12. The summed E-state index contributed by atoms with van der Waals surface area (Å²) in [5.74, 6) is 0.547. The van der Waals surface area contributed by atoms with Crippen LogP contribution in [0.5, 0.6) is 0 Å². The molecule has 1 aliphatic carbocycles. The molecule has 1 aromatic rings. The van der Waals surface area contributed by atoms with E-state index in [2.05, 4.69) is 36.9 Å². The summed E-state index contributed by atoms with van der Waals surface area (Å²) in [5.41, 5.74) is 1.24. The molecule has 1 heterocycles. The second-order valence-corrected chi connectivity index (χ2v) is 5.12. The van der Waals surface area contributed by atoms with E-state index in [1.807, 2.05) is 6.20 Å². The smallest absolute Gasteiger partial charge is 0.102 e. The Morgan fingerprint density at radius 2 is 2.24 bits per heavy atom. The van der Waals surface area contributed by atoms with Gasteiger partial charge in [-0.3, -0.25) is 0 Å². The van der Waals surface area contributed by atoms with E-state index >= 15 is 0 Å². The Labute approximate surface area is 102 Å². The van der Waals surface area contributed by atoms with Gasteiger partial charge in [0.1, 0.15) is 5.76 Å². The summed E-state index contributed by atoms with van der Waals surface area (Å²) in [7, 11) is 2.14. The van der Waals surface area contributed by atoms with Crippen LogP contribution in [0.1, 0.15) is 32.3 Å². The lowest BCUT2D eigenvalue weighted by Crippen LogP contribution is -2.33. The lowest BCUT2D eigenvalue weighted by molar-refractivity contribution is 0.277. The number of aliphatic hydroxyl groups excluding tert-OH is 1. The number of aromatic amines is 1. The number of likely N-dealkylation sites (N-methyl/N-ethyl adjacent to an activating group) is 1. The van der Waals surface area contributed by atoms with Crippen molar-refractivity contribution in [3.63, 3.8) is 0 Å². The predicted molar refractivity (Wildman–Crippen MR) is 71.2 cm³/mol. The van der Waals surface area contributed by atoms with Crippen molar-refractivity contribution in [1.29, 1.82) is 0 Å². The molecular weight excluding hydrogens is 212 g/mol. The van der Waals surface area contributed by atoms with Crippen molar-refractivity contribution in [3.8, 4) is 0 Å². The first-order valence-electron chi connectivity index (χ1n) is 6.38. The molecule has 2 rings (SSSR count). The van der Waals surface area contributed by atoms with Crippen molar-refractivity contribution < 1.29 is 5.11 Å². The van der Waals surface area contributed by atoms with Crippen LogP contribution in [0.25, 0.3) is 11.8 Å². The van der Waals surface area contributed by atoms with Gasteiger partial charge in [0.05, 0.1) is 0 Å². The fourth-order valence-electron chi connectivity index (χ4n) is 2.21. The Bertz CT molecular complexity index is 499. The molecule has 0 spiro atoms. The Balaban J connectivity index is 2.19. The lowest BCUT2D eigenvalue weighted by atomic mass is 10.1. The van der Waals surface area contributed by atoms with Gasteiger partial charge in [-0.1, -0.05) is 6.08 Å². The van der Waals surface area contributed by atoms with E-state index in [0.29, 0.717) is 11.8 Å². The molecule has 94 valence electrons. The van der Waals surface area contributed by atoms with Gasteiger partial charge in [0.2, 0.25) is 0 Å². The fraction of sp³-hybridized carbons (Fsp3) is 0.571. The number of aliphatic hydroxyl groups is 1. The molecule has 0 amide bonds. The van der Waals surface area contributed by atoms with Gasteiger partial charge >= 0.3 is 0 Å². The third-order valence-corrected chi connectivity index (χ3v) is 3.63. The van der Waals surface area contributed by atoms with Crippen LogP contribution in [0.4, 0.5) is 0 Å². The third-order valence-electron chi connectivity index (χ3n) is 3.63. The molecule has 17 heavy (non-hydrogen) atoms. The van der Waals surface area contributed by atoms with Gasteiger partial charge in [0, 0.05) is 35.8 Å². The molecule has 0 aliphatic heterocycles. The number of nitrogens with zero attached hydrogens (tertiary/aromatic N) is 1. The highest BCUT2D eigenvalue weighted by Gasteiger charge is 2.10. The SMILES string of the molecule is CC(C)N(C)CCc1c[nH]c2c1=C(O)CCC=2. The average molecular weight is 234 g/mol. The average Bonchev–Trinajstić information content (AvgIpc) is 2.70. The normalized spacial score (nSPS) is 15.2. The van der Waals surface area contributed by atoms with E-state index in [1.54, 1.807) is 0 Å². The molecule has 2 N–H and O–H groups in total. The highest BCUT2D eigenvalue weighted by atomic mass is 16.3. The first-order chi connectivity index (χ1) is 8.09. The number of hydrogen-bond donors (Lipinski definition) is 2. The van der Waals surface area contributed by atoms with Gasteiger partial charge in [-0.2, -0.15) is 0 Å². The topological polar surface area (TPSA) is 39.3 Å². The molecule has 3 nitrogen and oxygen atoms in total. The van der Waals surface area contributed by atoms with Gasteiger partial charge in [0.15, 0.2) is 0 Å². The first-order valence-corrected chi connectivity index (χ1v) is 6.38. The van der Waals surface area contributed by atoms with Crippen LogP contribution in [0.2, 0.25) is 0 Å². The second kappa shape index (κ2) is 4.96. The summed E-state index contributed by atoms with van der Waals surface area (Å²) in [4.78, 5) is 5.58.